The van der Waals surface area contributed by atoms with E-state index < -0.39 is 8.32 Å². The van der Waals surface area contributed by atoms with Crippen molar-refractivity contribution >= 4 is 8.32 Å². The Bertz CT molecular complexity index is 594. The maximum Gasteiger partial charge on any atom is 0.192 e. The third kappa shape index (κ3) is 3.87. The first-order valence-electron chi connectivity index (χ1n) is 8.04. The maximum atomic E-state index is 6.47. The van der Waals surface area contributed by atoms with Crippen LogP contribution >= 0.6 is 0 Å². The number of hydrogen-bond acceptors (Lipinski definition) is 1. The predicted octanol–water partition coefficient (Wildman–Crippen LogP) is 6.44. The van der Waals surface area contributed by atoms with Crippen molar-refractivity contribution in [2.24, 2.45) is 0 Å². The number of rotatable bonds is 4. The van der Waals surface area contributed by atoms with Crippen LogP contribution in [0.4, 0.5) is 0 Å². The fraction of sp³-hybridized carbons (Fsp3) is 0.400. The summed E-state index contributed by atoms with van der Waals surface area (Å²) in [5, 5.41) is 0.241. The second-order valence-electron chi connectivity index (χ2n) is 7.51. The second kappa shape index (κ2) is 6.39. The van der Waals surface area contributed by atoms with Crippen molar-refractivity contribution in [3.05, 3.63) is 60.2 Å². The van der Waals surface area contributed by atoms with Gasteiger partial charge in [-0.3, -0.25) is 0 Å². The SMILES string of the molecule is CC(O[Si](C)(C)C(C)(C)C)c1ccc(-c2ccccc2)cc1. The molecule has 118 valence electrons. The molecule has 1 unspecified atom stereocenters. The molecule has 2 aromatic carbocycles. The van der Waals surface area contributed by atoms with Crippen LogP contribution in [0.3, 0.4) is 0 Å². The second-order valence-corrected chi connectivity index (χ2v) is 12.3. The summed E-state index contributed by atoms with van der Waals surface area (Å²) in [6, 6.07) is 19.3. The van der Waals surface area contributed by atoms with E-state index in [1.807, 2.05) is 6.07 Å². The number of hydrogen-bond donors (Lipinski definition) is 0. The molecule has 2 aromatic rings. The van der Waals surface area contributed by atoms with Crippen LogP contribution in [0.15, 0.2) is 54.6 Å². The fourth-order valence-electron chi connectivity index (χ4n) is 2.26. The van der Waals surface area contributed by atoms with Crippen molar-refractivity contribution in [3.8, 4) is 11.1 Å². The quantitative estimate of drug-likeness (QED) is 0.590. The van der Waals surface area contributed by atoms with E-state index >= 15 is 0 Å². The van der Waals surface area contributed by atoms with E-state index in [2.05, 4.69) is 89.3 Å². The third-order valence-corrected chi connectivity index (χ3v) is 9.32. The van der Waals surface area contributed by atoms with Crippen LogP contribution in [0.5, 0.6) is 0 Å². The van der Waals surface area contributed by atoms with E-state index in [1.54, 1.807) is 0 Å². The molecular weight excluding hydrogens is 284 g/mol. The van der Waals surface area contributed by atoms with Gasteiger partial charge in [-0.15, -0.1) is 0 Å². The average Bonchev–Trinajstić information content (AvgIpc) is 2.47. The highest BCUT2D eigenvalue weighted by Crippen LogP contribution is 2.39. The van der Waals surface area contributed by atoms with Crippen molar-refractivity contribution in [1.82, 2.24) is 0 Å². The van der Waals surface area contributed by atoms with Gasteiger partial charge in [-0.05, 0) is 41.7 Å². The van der Waals surface area contributed by atoms with Gasteiger partial charge < -0.3 is 4.43 Å². The Hall–Kier alpha value is -1.38. The smallest absolute Gasteiger partial charge is 0.192 e. The molecule has 0 spiro atoms. The molecule has 0 N–H and O–H groups in total. The average molecular weight is 313 g/mol. The molecular formula is C20H28OSi. The Morgan fingerprint density at radius 3 is 1.82 bits per heavy atom. The maximum absolute atomic E-state index is 6.47. The standard InChI is InChI=1S/C20H28OSi/c1-16(21-22(5,6)20(2,3)4)17-12-14-19(15-13-17)18-10-8-7-9-11-18/h7-16H,1-6H3. The van der Waals surface area contributed by atoms with Crippen LogP contribution in [0.25, 0.3) is 11.1 Å². The van der Waals surface area contributed by atoms with E-state index in [4.69, 9.17) is 4.43 Å². The van der Waals surface area contributed by atoms with Gasteiger partial charge in [0.05, 0.1) is 6.10 Å². The molecule has 0 bridgehead atoms. The summed E-state index contributed by atoms with van der Waals surface area (Å²) in [5.41, 5.74) is 3.76. The Morgan fingerprint density at radius 2 is 1.32 bits per heavy atom. The highest BCUT2D eigenvalue weighted by molar-refractivity contribution is 6.74. The summed E-state index contributed by atoms with van der Waals surface area (Å²) >= 11 is 0. The third-order valence-electron chi connectivity index (χ3n) is 4.76. The minimum absolute atomic E-state index is 0.144. The molecule has 0 saturated carbocycles. The van der Waals surface area contributed by atoms with Gasteiger partial charge >= 0.3 is 0 Å². The van der Waals surface area contributed by atoms with Gasteiger partial charge in [-0.1, -0.05) is 75.4 Å². The summed E-state index contributed by atoms with van der Waals surface area (Å²) in [4.78, 5) is 0. The first kappa shape index (κ1) is 17.0. The lowest BCUT2D eigenvalue weighted by atomic mass is 10.0. The molecule has 2 heteroatoms. The molecule has 0 radical (unpaired) electrons. The van der Waals surface area contributed by atoms with Gasteiger partial charge in [0.1, 0.15) is 0 Å². The van der Waals surface area contributed by atoms with Gasteiger partial charge in [-0.2, -0.15) is 0 Å². The van der Waals surface area contributed by atoms with Gasteiger partial charge in [0.25, 0.3) is 0 Å². The van der Waals surface area contributed by atoms with Crippen LogP contribution in [0.1, 0.15) is 39.4 Å². The normalized spacial score (nSPS) is 13.9. The highest BCUT2D eigenvalue weighted by atomic mass is 28.4. The minimum atomic E-state index is -1.73. The van der Waals surface area contributed by atoms with Crippen LogP contribution in [0, 0.1) is 0 Å². The first-order chi connectivity index (χ1) is 10.2. The first-order valence-corrected chi connectivity index (χ1v) is 10.9. The van der Waals surface area contributed by atoms with Crippen molar-refractivity contribution < 1.29 is 4.43 Å². The van der Waals surface area contributed by atoms with Crippen LogP contribution < -0.4 is 0 Å². The van der Waals surface area contributed by atoms with Crippen LogP contribution in [0.2, 0.25) is 18.1 Å². The summed E-state index contributed by atoms with van der Waals surface area (Å²) in [5.74, 6) is 0. The lowest BCUT2D eigenvalue weighted by Crippen LogP contribution is -2.41. The fourth-order valence-corrected chi connectivity index (χ4v) is 3.64. The zero-order chi connectivity index (χ0) is 16.4. The molecule has 0 aromatic heterocycles. The van der Waals surface area contributed by atoms with Crippen LogP contribution in [-0.2, 0) is 4.43 Å². The molecule has 0 aliphatic carbocycles. The molecule has 0 fully saturated rings. The molecule has 0 heterocycles. The summed E-state index contributed by atoms with van der Waals surface area (Å²) in [6.07, 6.45) is 0.144. The Kier molecular flexibility index (Phi) is 4.93. The van der Waals surface area contributed by atoms with Crippen LogP contribution in [-0.4, -0.2) is 8.32 Å². The highest BCUT2D eigenvalue weighted by Gasteiger charge is 2.38. The Balaban J connectivity index is 2.14. The zero-order valence-electron chi connectivity index (χ0n) is 14.7. The lowest BCUT2D eigenvalue weighted by Gasteiger charge is -2.38. The topological polar surface area (TPSA) is 9.23 Å². The molecule has 0 aliphatic rings. The van der Waals surface area contributed by atoms with E-state index in [0.29, 0.717) is 0 Å². The predicted molar refractivity (Wildman–Crippen MR) is 98.6 cm³/mol. The van der Waals surface area contributed by atoms with E-state index in [0.717, 1.165) is 0 Å². The van der Waals surface area contributed by atoms with E-state index in [-0.39, 0.29) is 11.1 Å². The van der Waals surface area contributed by atoms with Crippen molar-refractivity contribution in [3.63, 3.8) is 0 Å². The zero-order valence-corrected chi connectivity index (χ0v) is 15.7. The molecule has 0 saturated heterocycles. The van der Waals surface area contributed by atoms with Gasteiger partial charge in [0.15, 0.2) is 8.32 Å². The van der Waals surface area contributed by atoms with Crippen molar-refractivity contribution in [1.29, 1.82) is 0 Å². The molecule has 0 amide bonds. The van der Waals surface area contributed by atoms with Gasteiger partial charge in [0, 0.05) is 0 Å². The largest absolute Gasteiger partial charge is 0.410 e. The molecule has 0 aliphatic heterocycles. The summed E-state index contributed by atoms with van der Waals surface area (Å²) < 4.78 is 6.47. The Morgan fingerprint density at radius 1 is 0.818 bits per heavy atom. The van der Waals surface area contributed by atoms with Crippen molar-refractivity contribution in [2.45, 2.75) is 51.9 Å². The minimum Gasteiger partial charge on any atom is -0.410 e. The summed E-state index contributed by atoms with van der Waals surface area (Å²) in [6.45, 7) is 13.6. The molecule has 1 nitrogen and oxygen atoms in total. The lowest BCUT2D eigenvalue weighted by molar-refractivity contribution is 0.203. The van der Waals surface area contributed by atoms with E-state index in [1.165, 1.54) is 16.7 Å². The molecule has 1 atom stereocenters. The monoisotopic (exact) mass is 312 g/mol. The van der Waals surface area contributed by atoms with Gasteiger partial charge in [0.2, 0.25) is 0 Å². The summed E-state index contributed by atoms with van der Waals surface area (Å²) in [7, 11) is -1.73. The Labute approximate surface area is 136 Å². The molecule has 22 heavy (non-hydrogen) atoms. The van der Waals surface area contributed by atoms with Gasteiger partial charge in [-0.25, -0.2) is 0 Å². The van der Waals surface area contributed by atoms with Crippen molar-refractivity contribution in [2.75, 3.05) is 0 Å². The van der Waals surface area contributed by atoms with E-state index in [9.17, 15) is 0 Å². The number of benzene rings is 2. The molecule has 2 rings (SSSR count).